The fourth-order valence-corrected chi connectivity index (χ4v) is 4.32. The Balaban J connectivity index is 1.57. The fourth-order valence-electron chi connectivity index (χ4n) is 4.32. The van der Waals surface area contributed by atoms with Crippen molar-refractivity contribution in [1.82, 2.24) is 14.7 Å². The molecule has 0 N–H and O–H groups in total. The van der Waals surface area contributed by atoms with E-state index in [9.17, 15) is 22.4 Å². The fraction of sp³-hybridized carbons (Fsp3) is 0.391. The largest absolute Gasteiger partial charge is 0.416 e. The number of carbonyl (C=O) groups excluding carboxylic acids is 1. The molecule has 1 aromatic heterocycles. The second kappa shape index (κ2) is 7.98. The van der Waals surface area contributed by atoms with E-state index < -0.39 is 17.6 Å². The maximum Gasteiger partial charge on any atom is 0.416 e. The topological polar surface area (TPSA) is 38.1 Å². The summed E-state index contributed by atoms with van der Waals surface area (Å²) in [6.45, 7) is 4.49. The summed E-state index contributed by atoms with van der Waals surface area (Å²) in [5, 5.41) is 4.89. The third-order valence-corrected chi connectivity index (χ3v) is 5.85. The summed E-state index contributed by atoms with van der Waals surface area (Å²) >= 11 is 0. The zero-order valence-electron chi connectivity index (χ0n) is 17.3. The van der Waals surface area contributed by atoms with Crippen LogP contribution < -0.4 is 0 Å². The van der Waals surface area contributed by atoms with Crippen LogP contribution in [-0.4, -0.2) is 33.7 Å². The maximum absolute atomic E-state index is 13.9. The predicted molar refractivity (Wildman–Crippen MR) is 109 cm³/mol. The van der Waals surface area contributed by atoms with Crippen molar-refractivity contribution in [3.8, 4) is 0 Å². The Morgan fingerprint density at radius 1 is 1.10 bits per heavy atom. The number of nitrogens with zero attached hydrogens (tertiary/aromatic N) is 3. The van der Waals surface area contributed by atoms with Gasteiger partial charge in [-0.1, -0.05) is 18.2 Å². The Hall–Kier alpha value is -2.90. The number of hydrogen-bond donors (Lipinski definition) is 0. The molecule has 0 unspecified atom stereocenters. The molecule has 1 aliphatic heterocycles. The summed E-state index contributed by atoms with van der Waals surface area (Å²) in [5.74, 6) is -1.05. The van der Waals surface area contributed by atoms with Gasteiger partial charge in [-0.3, -0.25) is 9.48 Å². The van der Waals surface area contributed by atoms with E-state index in [0.717, 1.165) is 6.07 Å². The average Bonchev–Trinajstić information content (AvgIpc) is 3.11. The van der Waals surface area contributed by atoms with Crippen LogP contribution in [0.5, 0.6) is 0 Å². The quantitative estimate of drug-likeness (QED) is 0.490. The minimum atomic E-state index is -4.41. The van der Waals surface area contributed by atoms with E-state index in [-0.39, 0.29) is 29.1 Å². The first kappa shape index (κ1) is 21.3. The summed E-state index contributed by atoms with van der Waals surface area (Å²) in [6.07, 6.45) is -3.55. The summed E-state index contributed by atoms with van der Waals surface area (Å²) in [6, 6.07) is 9.86. The first-order valence-corrected chi connectivity index (χ1v) is 10.3. The van der Waals surface area contributed by atoms with E-state index in [1.54, 1.807) is 21.7 Å². The lowest BCUT2D eigenvalue weighted by Gasteiger charge is -2.33. The van der Waals surface area contributed by atoms with E-state index in [4.69, 9.17) is 0 Å². The molecule has 31 heavy (non-hydrogen) atoms. The molecule has 0 bridgehead atoms. The highest BCUT2D eigenvalue weighted by molar-refractivity contribution is 6.05. The van der Waals surface area contributed by atoms with Crippen molar-refractivity contribution >= 4 is 16.8 Å². The van der Waals surface area contributed by atoms with E-state index in [1.807, 2.05) is 13.8 Å². The molecule has 0 saturated carbocycles. The SMILES string of the molecule is CC(C)n1nc(C(=O)N2CCC(c3ccccc3C(F)(F)F)CC2)c2cc(F)ccc21. The molecule has 0 aliphatic carbocycles. The molecule has 3 aromatic rings. The lowest BCUT2D eigenvalue weighted by atomic mass is 9.86. The lowest BCUT2D eigenvalue weighted by Crippen LogP contribution is -2.38. The van der Waals surface area contributed by atoms with Gasteiger partial charge in [-0.2, -0.15) is 18.3 Å². The highest BCUT2D eigenvalue weighted by atomic mass is 19.4. The first-order valence-electron chi connectivity index (χ1n) is 10.3. The Morgan fingerprint density at radius 2 is 1.77 bits per heavy atom. The molecule has 0 radical (unpaired) electrons. The van der Waals surface area contributed by atoms with Gasteiger partial charge in [-0.25, -0.2) is 4.39 Å². The standard InChI is InChI=1S/C23H23F4N3O/c1-14(2)30-20-8-7-16(24)13-18(20)21(28-30)22(31)29-11-9-15(10-12-29)17-5-3-4-6-19(17)23(25,26)27/h3-8,13-15H,9-12H2,1-2H3. The Kier molecular flexibility index (Phi) is 5.49. The van der Waals surface area contributed by atoms with Crippen LogP contribution in [0.4, 0.5) is 17.6 Å². The summed E-state index contributed by atoms with van der Waals surface area (Å²) < 4.78 is 55.7. The van der Waals surface area contributed by atoms with Crippen LogP contribution in [0.3, 0.4) is 0 Å². The Morgan fingerprint density at radius 3 is 2.42 bits per heavy atom. The second-order valence-electron chi connectivity index (χ2n) is 8.20. The Labute approximate surface area is 177 Å². The number of amides is 1. The molecule has 1 aliphatic rings. The van der Waals surface area contributed by atoms with Gasteiger partial charge in [0, 0.05) is 24.5 Å². The van der Waals surface area contributed by atoms with Gasteiger partial charge >= 0.3 is 6.18 Å². The number of alkyl halides is 3. The summed E-state index contributed by atoms with van der Waals surface area (Å²) in [5.41, 5.74) is 0.515. The van der Waals surface area contributed by atoms with Gasteiger partial charge in [0.25, 0.3) is 5.91 Å². The van der Waals surface area contributed by atoms with Gasteiger partial charge < -0.3 is 4.90 Å². The molecule has 0 atom stereocenters. The van der Waals surface area contributed by atoms with Crippen molar-refractivity contribution in [2.75, 3.05) is 13.1 Å². The summed E-state index contributed by atoms with van der Waals surface area (Å²) in [7, 11) is 0. The zero-order chi connectivity index (χ0) is 22.3. The molecule has 4 rings (SSSR count). The normalized spacial score (nSPS) is 15.8. The van der Waals surface area contributed by atoms with Crippen LogP contribution >= 0.6 is 0 Å². The second-order valence-corrected chi connectivity index (χ2v) is 8.20. The third kappa shape index (κ3) is 4.03. The van der Waals surface area contributed by atoms with Crippen LogP contribution in [0.15, 0.2) is 42.5 Å². The van der Waals surface area contributed by atoms with Gasteiger partial charge in [-0.15, -0.1) is 0 Å². The maximum atomic E-state index is 13.9. The molecule has 0 spiro atoms. The van der Waals surface area contributed by atoms with Crippen LogP contribution in [0.1, 0.15) is 60.3 Å². The predicted octanol–water partition coefficient (Wildman–Crippen LogP) is 5.79. The lowest BCUT2D eigenvalue weighted by molar-refractivity contribution is -0.138. The van der Waals surface area contributed by atoms with Crippen LogP contribution in [0.25, 0.3) is 10.9 Å². The number of aromatic nitrogens is 2. The monoisotopic (exact) mass is 433 g/mol. The molecular formula is C23H23F4N3O. The highest BCUT2D eigenvalue weighted by Gasteiger charge is 2.36. The number of hydrogen-bond acceptors (Lipinski definition) is 2. The van der Waals surface area contributed by atoms with E-state index in [1.165, 1.54) is 24.3 Å². The zero-order valence-corrected chi connectivity index (χ0v) is 17.3. The number of halogens is 4. The van der Waals surface area contributed by atoms with Gasteiger partial charge in [0.05, 0.1) is 11.1 Å². The molecule has 1 saturated heterocycles. The minimum absolute atomic E-state index is 0.0147. The molecular weight excluding hydrogens is 410 g/mol. The van der Waals surface area contributed by atoms with Crippen molar-refractivity contribution in [3.05, 3.63) is 65.1 Å². The Bertz CT molecular complexity index is 1110. The van der Waals surface area contributed by atoms with Crippen molar-refractivity contribution in [3.63, 3.8) is 0 Å². The van der Waals surface area contributed by atoms with Crippen molar-refractivity contribution < 1.29 is 22.4 Å². The van der Waals surface area contributed by atoms with Crippen molar-refractivity contribution in [2.24, 2.45) is 0 Å². The van der Waals surface area contributed by atoms with Crippen molar-refractivity contribution in [1.29, 1.82) is 0 Å². The van der Waals surface area contributed by atoms with Gasteiger partial charge in [0.2, 0.25) is 0 Å². The molecule has 2 aromatic carbocycles. The van der Waals surface area contributed by atoms with Gasteiger partial charge in [-0.05, 0) is 62.4 Å². The molecule has 1 fully saturated rings. The van der Waals surface area contributed by atoms with Crippen LogP contribution in [0, 0.1) is 5.82 Å². The number of likely N-dealkylation sites (tertiary alicyclic amines) is 1. The minimum Gasteiger partial charge on any atom is -0.337 e. The van der Waals surface area contributed by atoms with E-state index in [0.29, 0.717) is 36.8 Å². The molecule has 4 nitrogen and oxygen atoms in total. The summed E-state index contributed by atoms with van der Waals surface area (Å²) in [4.78, 5) is 14.8. The molecule has 8 heteroatoms. The smallest absolute Gasteiger partial charge is 0.337 e. The number of fused-ring (bicyclic) bond motifs is 1. The van der Waals surface area contributed by atoms with Crippen LogP contribution in [-0.2, 0) is 6.18 Å². The van der Waals surface area contributed by atoms with Crippen LogP contribution in [0.2, 0.25) is 0 Å². The molecule has 164 valence electrons. The van der Waals surface area contributed by atoms with Gasteiger partial charge in [0.15, 0.2) is 5.69 Å². The molecule has 2 heterocycles. The van der Waals surface area contributed by atoms with Gasteiger partial charge in [0.1, 0.15) is 5.82 Å². The van der Waals surface area contributed by atoms with Crippen molar-refractivity contribution in [2.45, 2.75) is 44.8 Å². The molecule has 1 amide bonds. The first-order chi connectivity index (χ1) is 14.7. The number of piperidine rings is 1. The number of benzene rings is 2. The van der Waals surface area contributed by atoms with E-state index >= 15 is 0 Å². The highest BCUT2D eigenvalue weighted by Crippen LogP contribution is 2.39. The average molecular weight is 433 g/mol. The third-order valence-electron chi connectivity index (χ3n) is 5.85. The number of carbonyl (C=O) groups is 1. The van der Waals surface area contributed by atoms with E-state index in [2.05, 4.69) is 5.10 Å². The number of rotatable bonds is 3.